The van der Waals surface area contributed by atoms with Gasteiger partial charge in [0, 0.05) is 37.6 Å². The van der Waals surface area contributed by atoms with Crippen LogP contribution in [0.4, 0.5) is 9.59 Å². The number of amides is 4. The van der Waals surface area contributed by atoms with Gasteiger partial charge in [0.1, 0.15) is 12.6 Å². The summed E-state index contributed by atoms with van der Waals surface area (Å²) in [6.45, 7) is 10.7. The number of nitrogens with zero attached hydrogens (tertiary/aromatic N) is 3. The van der Waals surface area contributed by atoms with E-state index in [0.29, 0.717) is 18.9 Å². The van der Waals surface area contributed by atoms with Crippen LogP contribution in [0.2, 0.25) is 0 Å². The van der Waals surface area contributed by atoms with Gasteiger partial charge in [0.15, 0.2) is 0 Å². The molecule has 2 aromatic carbocycles. The Morgan fingerprint density at radius 1 is 0.959 bits per heavy atom. The van der Waals surface area contributed by atoms with Gasteiger partial charge in [-0.25, -0.2) is 14.6 Å². The number of aliphatic hydroxyl groups excluding tert-OH is 1. The highest BCUT2D eigenvalue weighted by molar-refractivity contribution is 7.09. The number of thiazole rings is 2. The molecule has 11 nitrogen and oxygen atoms in total. The Balaban J connectivity index is 0.000000484. The van der Waals surface area contributed by atoms with Crippen LogP contribution in [0.25, 0.3) is 0 Å². The number of aryl methyl sites for hydroxylation is 2. The Morgan fingerprint density at radius 3 is 2.08 bits per heavy atom. The van der Waals surface area contributed by atoms with Crippen LogP contribution in [0, 0.1) is 13.8 Å². The van der Waals surface area contributed by atoms with Crippen LogP contribution in [0.15, 0.2) is 77.8 Å². The van der Waals surface area contributed by atoms with Crippen molar-refractivity contribution in [1.29, 1.82) is 0 Å². The molecule has 49 heavy (non-hydrogen) atoms. The van der Waals surface area contributed by atoms with Gasteiger partial charge in [-0.05, 0) is 26.7 Å². The van der Waals surface area contributed by atoms with E-state index in [0.717, 1.165) is 15.6 Å². The van der Waals surface area contributed by atoms with Gasteiger partial charge in [0.25, 0.3) is 0 Å². The molecule has 0 aliphatic heterocycles. The first-order valence-corrected chi connectivity index (χ1v) is 18.0. The van der Waals surface area contributed by atoms with E-state index in [4.69, 9.17) is 4.74 Å². The highest BCUT2D eigenvalue weighted by atomic mass is 32.1. The third-order valence-electron chi connectivity index (χ3n) is 6.80. The molecule has 2 aromatic heterocycles. The van der Waals surface area contributed by atoms with Gasteiger partial charge in [0.2, 0.25) is 5.91 Å². The van der Waals surface area contributed by atoms with Crippen molar-refractivity contribution in [2.75, 3.05) is 20.1 Å². The summed E-state index contributed by atoms with van der Waals surface area (Å²) in [6.07, 6.45) is 0.754. The Kier molecular flexibility index (Phi) is 19.3. The highest BCUT2D eigenvalue weighted by Crippen LogP contribution is 2.19. The summed E-state index contributed by atoms with van der Waals surface area (Å²) in [4.78, 5) is 47.4. The molecule has 1 unspecified atom stereocenters. The summed E-state index contributed by atoms with van der Waals surface area (Å²) in [5.74, 6) is -0.00697. The molecule has 13 heteroatoms. The minimum atomic E-state index is -0.860. The summed E-state index contributed by atoms with van der Waals surface area (Å²) in [5, 5.41) is 20.9. The predicted octanol–water partition coefficient (Wildman–Crippen LogP) is 6.43. The monoisotopic (exact) mass is 710 g/mol. The van der Waals surface area contributed by atoms with E-state index in [-0.39, 0.29) is 38.1 Å². The molecular formula is C36H50N6O5S2. The zero-order chi connectivity index (χ0) is 36.0. The van der Waals surface area contributed by atoms with Crippen molar-refractivity contribution in [3.05, 3.63) is 104 Å². The van der Waals surface area contributed by atoms with Crippen molar-refractivity contribution in [3.8, 4) is 0 Å². The number of aliphatic hydroxyl groups is 1. The second kappa shape index (κ2) is 23.1. The first-order valence-electron chi connectivity index (χ1n) is 16.2. The van der Waals surface area contributed by atoms with Crippen LogP contribution in [0.1, 0.15) is 66.2 Å². The maximum Gasteiger partial charge on any atom is 0.407 e. The molecule has 2 heterocycles. The molecule has 0 radical (unpaired) electrons. The topological polar surface area (TPSA) is 146 Å². The van der Waals surface area contributed by atoms with Crippen LogP contribution in [0.3, 0.4) is 0 Å². The summed E-state index contributed by atoms with van der Waals surface area (Å²) in [7, 11) is 1.65. The van der Waals surface area contributed by atoms with Gasteiger partial charge in [-0.3, -0.25) is 9.78 Å². The normalized spacial score (nSPS) is 11.5. The molecule has 2 atom stereocenters. The minimum Gasteiger partial charge on any atom is -0.444 e. The Hall–Kier alpha value is -4.33. The molecule has 0 aliphatic rings. The van der Waals surface area contributed by atoms with E-state index in [1.165, 1.54) is 27.4 Å². The summed E-state index contributed by atoms with van der Waals surface area (Å²) in [6, 6.07) is 19.4. The van der Waals surface area contributed by atoms with Crippen molar-refractivity contribution >= 4 is 40.7 Å². The second-order valence-corrected chi connectivity index (χ2v) is 13.4. The van der Waals surface area contributed by atoms with Gasteiger partial charge >= 0.3 is 12.1 Å². The van der Waals surface area contributed by atoms with Gasteiger partial charge in [-0.1, -0.05) is 92.6 Å². The van der Waals surface area contributed by atoms with E-state index in [1.54, 1.807) is 37.0 Å². The largest absolute Gasteiger partial charge is 0.444 e. The number of aromatic nitrogens is 2. The minimum absolute atomic E-state index is 0.00866. The van der Waals surface area contributed by atoms with Gasteiger partial charge in [-0.15, -0.1) is 22.7 Å². The lowest BCUT2D eigenvalue weighted by atomic mass is 10.2. The number of carbonyl (C=O) groups excluding carboxylic acids is 3. The van der Waals surface area contributed by atoms with Gasteiger partial charge in [0.05, 0.1) is 33.7 Å². The Labute approximate surface area is 298 Å². The molecule has 4 rings (SSSR count). The number of rotatable bonds is 13. The van der Waals surface area contributed by atoms with Crippen LogP contribution in [0.5, 0.6) is 0 Å². The number of carbonyl (C=O) groups is 3. The SMILES string of the molecule is CCC(NC(=O)N(C)Cc1csc(C(C)C)n1)C(=O)NCC[C@H](O)CNC(=O)OCc1cncs1.Cc1ccccc1.Cc1ccccc1. The smallest absolute Gasteiger partial charge is 0.407 e. The summed E-state index contributed by atoms with van der Waals surface area (Å²) in [5.41, 5.74) is 5.10. The molecule has 4 aromatic rings. The molecule has 0 aliphatic carbocycles. The summed E-state index contributed by atoms with van der Waals surface area (Å²) >= 11 is 2.94. The molecule has 0 fully saturated rings. The molecule has 266 valence electrons. The Bertz CT molecular complexity index is 1450. The maximum absolute atomic E-state index is 12.5. The zero-order valence-electron chi connectivity index (χ0n) is 29.2. The third-order valence-corrected chi connectivity index (χ3v) is 8.75. The molecule has 0 spiro atoms. The van der Waals surface area contributed by atoms with Crippen LogP contribution in [-0.2, 0) is 22.7 Å². The highest BCUT2D eigenvalue weighted by Gasteiger charge is 2.21. The Morgan fingerprint density at radius 2 is 1.59 bits per heavy atom. The molecule has 0 saturated carbocycles. The number of nitrogens with one attached hydrogen (secondary N) is 3. The molecule has 4 amide bonds. The van der Waals surface area contributed by atoms with Crippen molar-refractivity contribution in [1.82, 2.24) is 30.8 Å². The first kappa shape index (κ1) is 40.8. The fourth-order valence-corrected chi connectivity index (χ4v) is 5.28. The van der Waals surface area contributed by atoms with Gasteiger partial charge < -0.3 is 30.7 Å². The predicted molar refractivity (Wildman–Crippen MR) is 197 cm³/mol. The van der Waals surface area contributed by atoms with E-state index < -0.39 is 18.2 Å². The molecular weight excluding hydrogens is 661 g/mol. The number of alkyl carbamates (subject to hydrolysis) is 1. The quantitative estimate of drug-likeness (QED) is 0.125. The zero-order valence-corrected chi connectivity index (χ0v) is 30.9. The van der Waals surface area contributed by atoms with E-state index in [1.807, 2.05) is 41.8 Å². The standard InChI is InChI=1S/C22H34N6O5S2.2C7H8/c1-5-18(27-21(31)28(4)10-15-12-34-20(26-15)14(2)3)19(30)24-7-6-16(29)8-25-22(32)33-11-17-9-23-13-35-17;2*1-7-5-3-2-4-6-7/h9,12-14,16,18,29H,5-8,10-11H2,1-4H3,(H,24,30)(H,25,32)(H,27,31);2*2-6H,1H3/t16-,18?;;/m0../s1. The van der Waals surface area contributed by atoms with E-state index >= 15 is 0 Å². The summed E-state index contributed by atoms with van der Waals surface area (Å²) < 4.78 is 5.02. The van der Waals surface area contributed by atoms with Crippen LogP contribution < -0.4 is 16.0 Å². The first-order chi connectivity index (χ1) is 23.5. The van der Waals surface area contributed by atoms with Crippen LogP contribution >= 0.6 is 22.7 Å². The lowest BCUT2D eigenvalue weighted by Crippen LogP contribution is -2.50. The number of hydrogen-bond donors (Lipinski definition) is 4. The number of hydrogen-bond acceptors (Lipinski definition) is 9. The van der Waals surface area contributed by atoms with Gasteiger partial charge in [-0.2, -0.15) is 0 Å². The number of ether oxygens (including phenoxy) is 1. The van der Waals surface area contributed by atoms with Crippen molar-refractivity contribution in [2.24, 2.45) is 0 Å². The van der Waals surface area contributed by atoms with Crippen molar-refractivity contribution in [3.63, 3.8) is 0 Å². The van der Waals surface area contributed by atoms with E-state index in [2.05, 4.69) is 77.9 Å². The second-order valence-electron chi connectivity index (χ2n) is 11.6. The average molecular weight is 711 g/mol. The molecule has 4 N–H and O–H groups in total. The lowest BCUT2D eigenvalue weighted by Gasteiger charge is -2.22. The fourth-order valence-electron chi connectivity index (χ4n) is 3.95. The molecule has 0 bridgehead atoms. The van der Waals surface area contributed by atoms with Crippen molar-refractivity contribution < 1.29 is 24.2 Å². The fraction of sp³-hybridized carbons (Fsp3) is 0.417. The number of urea groups is 1. The maximum atomic E-state index is 12.5. The third kappa shape index (κ3) is 17.6. The lowest BCUT2D eigenvalue weighted by molar-refractivity contribution is -0.123. The van der Waals surface area contributed by atoms with Crippen LogP contribution in [-0.4, -0.2) is 70.3 Å². The molecule has 0 saturated heterocycles. The number of benzene rings is 2. The average Bonchev–Trinajstić information content (AvgIpc) is 3.79. The van der Waals surface area contributed by atoms with Crippen molar-refractivity contribution in [2.45, 2.75) is 78.7 Å². The van der Waals surface area contributed by atoms with E-state index in [9.17, 15) is 19.5 Å².